The van der Waals surface area contributed by atoms with Gasteiger partial charge in [-0.25, -0.2) is 4.68 Å². The van der Waals surface area contributed by atoms with Gasteiger partial charge < -0.3 is 10.6 Å². The monoisotopic (exact) mass is 356 g/mol. The number of hydrogen-bond donors (Lipinski definition) is 2. The number of carbonyl (C=O) groups excluding carboxylic acids is 3. The first-order valence-electron chi connectivity index (χ1n) is 8.66. The Bertz CT molecular complexity index is 797. The number of amides is 2. The van der Waals surface area contributed by atoms with Crippen molar-refractivity contribution in [2.24, 2.45) is 0 Å². The number of hydrogen-bond acceptors (Lipinski definition) is 4. The summed E-state index contributed by atoms with van der Waals surface area (Å²) in [6, 6.07) is 9.41. The van der Waals surface area contributed by atoms with Crippen molar-refractivity contribution >= 4 is 17.6 Å². The molecule has 2 amide bonds. The second kappa shape index (κ2) is 8.94. The van der Waals surface area contributed by atoms with E-state index < -0.39 is 11.7 Å². The zero-order valence-corrected chi connectivity index (χ0v) is 15.3. The molecule has 1 aromatic carbocycles. The first-order valence-corrected chi connectivity index (χ1v) is 8.66. The highest BCUT2D eigenvalue weighted by atomic mass is 16.2. The van der Waals surface area contributed by atoms with Crippen LogP contribution in [0.4, 0.5) is 0 Å². The van der Waals surface area contributed by atoms with Gasteiger partial charge in [0.2, 0.25) is 5.91 Å². The van der Waals surface area contributed by atoms with Crippen LogP contribution in [0.2, 0.25) is 0 Å². The standard InChI is InChI=1S/C19H24N4O3/c1-4-11-20-16(24)10-12-21-19(26)18(25)17-13(2)22-23(14(17)3)15-8-6-5-7-9-15/h5-9H,4,10-12H2,1-3H3,(H,20,24)(H,21,26). The molecule has 0 atom stereocenters. The van der Waals surface area contributed by atoms with Crippen LogP contribution in [0.15, 0.2) is 30.3 Å². The summed E-state index contributed by atoms with van der Waals surface area (Å²) in [5.74, 6) is -1.52. The summed E-state index contributed by atoms with van der Waals surface area (Å²) in [5, 5.41) is 9.60. The second-order valence-corrected chi connectivity index (χ2v) is 5.98. The smallest absolute Gasteiger partial charge is 0.292 e. The minimum absolute atomic E-state index is 0.116. The van der Waals surface area contributed by atoms with E-state index in [0.29, 0.717) is 23.5 Å². The Balaban J connectivity index is 2.04. The van der Waals surface area contributed by atoms with Crippen molar-refractivity contribution in [3.63, 3.8) is 0 Å². The molecule has 1 heterocycles. The third kappa shape index (κ3) is 4.56. The second-order valence-electron chi connectivity index (χ2n) is 5.98. The van der Waals surface area contributed by atoms with E-state index in [-0.39, 0.29) is 18.9 Å². The SMILES string of the molecule is CCCNC(=O)CCNC(=O)C(=O)c1c(C)nn(-c2ccccc2)c1C. The minimum atomic E-state index is -0.730. The van der Waals surface area contributed by atoms with Gasteiger partial charge in [-0.3, -0.25) is 14.4 Å². The maximum absolute atomic E-state index is 12.5. The molecular formula is C19H24N4O3. The van der Waals surface area contributed by atoms with Crippen LogP contribution in [-0.4, -0.2) is 40.5 Å². The average molecular weight is 356 g/mol. The maximum Gasteiger partial charge on any atom is 0.292 e. The van der Waals surface area contributed by atoms with Crippen molar-refractivity contribution in [3.05, 3.63) is 47.3 Å². The third-order valence-corrected chi connectivity index (χ3v) is 3.94. The molecular weight excluding hydrogens is 332 g/mol. The minimum Gasteiger partial charge on any atom is -0.356 e. The molecule has 2 aromatic rings. The number of aryl methyl sites for hydroxylation is 1. The van der Waals surface area contributed by atoms with Gasteiger partial charge in [0.1, 0.15) is 0 Å². The number of nitrogens with zero attached hydrogens (tertiary/aromatic N) is 2. The van der Waals surface area contributed by atoms with Crippen molar-refractivity contribution in [2.75, 3.05) is 13.1 Å². The molecule has 0 saturated heterocycles. The molecule has 26 heavy (non-hydrogen) atoms. The van der Waals surface area contributed by atoms with Crippen LogP contribution in [-0.2, 0) is 9.59 Å². The van der Waals surface area contributed by atoms with E-state index in [1.807, 2.05) is 37.3 Å². The van der Waals surface area contributed by atoms with Gasteiger partial charge >= 0.3 is 0 Å². The summed E-state index contributed by atoms with van der Waals surface area (Å²) < 4.78 is 1.65. The predicted octanol–water partition coefficient (Wildman–Crippen LogP) is 1.70. The number of nitrogens with one attached hydrogen (secondary N) is 2. The van der Waals surface area contributed by atoms with E-state index >= 15 is 0 Å². The largest absolute Gasteiger partial charge is 0.356 e. The molecule has 0 aliphatic carbocycles. The van der Waals surface area contributed by atoms with Crippen LogP contribution < -0.4 is 10.6 Å². The zero-order chi connectivity index (χ0) is 19.1. The zero-order valence-electron chi connectivity index (χ0n) is 15.3. The molecule has 138 valence electrons. The molecule has 0 spiro atoms. The van der Waals surface area contributed by atoms with E-state index in [2.05, 4.69) is 15.7 Å². The summed E-state index contributed by atoms with van der Waals surface area (Å²) in [6.45, 7) is 6.13. The Kier molecular flexibility index (Phi) is 6.66. The molecule has 0 unspecified atom stereocenters. The number of para-hydroxylation sites is 1. The summed E-state index contributed by atoms with van der Waals surface area (Å²) in [5.41, 5.74) is 2.21. The molecule has 0 aliphatic heterocycles. The van der Waals surface area contributed by atoms with Crippen LogP contribution in [0.1, 0.15) is 41.5 Å². The summed E-state index contributed by atoms with van der Waals surface area (Å²) >= 11 is 0. The molecule has 0 saturated carbocycles. The Hall–Kier alpha value is -2.96. The molecule has 7 heteroatoms. The van der Waals surface area contributed by atoms with Gasteiger partial charge in [-0.2, -0.15) is 5.10 Å². The van der Waals surface area contributed by atoms with Crippen LogP contribution >= 0.6 is 0 Å². The average Bonchev–Trinajstić information content (AvgIpc) is 2.94. The van der Waals surface area contributed by atoms with Gasteiger partial charge in [0.05, 0.1) is 22.6 Å². The number of carbonyl (C=O) groups is 3. The highest BCUT2D eigenvalue weighted by Crippen LogP contribution is 2.18. The lowest BCUT2D eigenvalue weighted by Crippen LogP contribution is -2.35. The highest BCUT2D eigenvalue weighted by Gasteiger charge is 2.24. The number of aromatic nitrogens is 2. The molecule has 7 nitrogen and oxygen atoms in total. The lowest BCUT2D eigenvalue weighted by Gasteiger charge is -2.06. The number of ketones is 1. The van der Waals surface area contributed by atoms with Gasteiger partial charge in [0.15, 0.2) is 0 Å². The van der Waals surface area contributed by atoms with Crippen LogP contribution in [0.25, 0.3) is 5.69 Å². The quantitative estimate of drug-likeness (QED) is 0.556. The molecule has 2 rings (SSSR count). The van der Waals surface area contributed by atoms with Crippen LogP contribution in [0.3, 0.4) is 0 Å². The Morgan fingerprint density at radius 2 is 1.73 bits per heavy atom. The van der Waals surface area contributed by atoms with Crippen molar-refractivity contribution in [2.45, 2.75) is 33.6 Å². The van der Waals surface area contributed by atoms with Crippen molar-refractivity contribution < 1.29 is 14.4 Å². The predicted molar refractivity (Wildman–Crippen MR) is 98.3 cm³/mol. The molecule has 0 bridgehead atoms. The lowest BCUT2D eigenvalue weighted by molar-refractivity contribution is -0.121. The number of rotatable bonds is 8. The Morgan fingerprint density at radius 1 is 1.04 bits per heavy atom. The van der Waals surface area contributed by atoms with Crippen molar-refractivity contribution in [1.29, 1.82) is 0 Å². The fourth-order valence-electron chi connectivity index (χ4n) is 2.63. The Labute approximate surface area is 152 Å². The molecule has 1 aromatic heterocycles. The number of benzene rings is 1. The first-order chi connectivity index (χ1) is 12.5. The maximum atomic E-state index is 12.5. The van der Waals surface area contributed by atoms with Gasteiger partial charge in [-0.05, 0) is 32.4 Å². The van der Waals surface area contributed by atoms with Gasteiger partial charge in [-0.1, -0.05) is 25.1 Å². The fraction of sp³-hybridized carbons (Fsp3) is 0.368. The fourth-order valence-corrected chi connectivity index (χ4v) is 2.63. The van der Waals surface area contributed by atoms with Crippen molar-refractivity contribution in [3.8, 4) is 5.69 Å². The van der Waals surface area contributed by atoms with Crippen LogP contribution in [0, 0.1) is 13.8 Å². The Morgan fingerprint density at radius 3 is 2.38 bits per heavy atom. The van der Waals surface area contributed by atoms with E-state index in [4.69, 9.17) is 0 Å². The lowest BCUT2D eigenvalue weighted by atomic mass is 10.1. The number of Topliss-reactive ketones (excluding diaryl/α,β-unsaturated/α-hetero) is 1. The summed E-state index contributed by atoms with van der Waals surface area (Å²) in [6.07, 6.45) is 0.987. The van der Waals surface area contributed by atoms with Crippen molar-refractivity contribution in [1.82, 2.24) is 20.4 Å². The highest BCUT2D eigenvalue weighted by molar-refractivity contribution is 6.43. The van der Waals surface area contributed by atoms with Gasteiger partial charge in [0.25, 0.3) is 11.7 Å². The molecule has 2 N–H and O–H groups in total. The van der Waals surface area contributed by atoms with E-state index in [0.717, 1.165) is 12.1 Å². The van der Waals surface area contributed by atoms with E-state index in [1.165, 1.54) is 0 Å². The normalized spacial score (nSPS) is 10.4. The first kappa shape index (κ1) is 19.4. The van der Waals surface area contributed by atoms with Crippen LogP contribution in [0.5, 0.6) is 0 Å². The molecule has 0 radical (unpaired) electrons. The third-order valence-electron chi connectivity index (χ3n) is 3.94. The van der Waals surface area contributed by atoms with E-state index in [9.17, 15) is 14.4 Å². The van der Waals surface area contributed by atoms with Gasteiger partial charge in [-0.15, -0.1) is 0 Å². The van der Waals surface area contributed by atoms with Gasteiger partial charge in [0, 0.05) is 19.5 Å². The summed E-state index contributed by atoms with van der Waals surface area (Å²) in [7, 11) is 0. The molecule has 0 aliphatic rings. The molecule has 0 fully saturated rings. The summed E-state index contributed by atoms with van der Waals surface area (Å²) in [4.78, 5) is 36.2. The van der Waals surface area contributed by atoms with E-state index in [1.54, 1.807) is 18.5 Å². The topological polar surface area (TPSA) is 93.1 Å².